The summed E-state index contributed by atoms with van der Waals surface area (Å²) in [6.07, 6.45) is 1.92. The number of hydrogen-bond acceptors (Lipinski definition) is 2. The second-order valence-corrected chi connectivity index (χ2v) is 7.74. The van der Waals surface area contributed by atoms with Gasteiger partial charge in [0.15, 0.2) is 0 Å². The number of furan rings is 1. The molecule has 2 heteroatoms. The van der Waals surface area contributed by atoms with Crippen LogP contribution < -0.4 is 0 Å². The lowest BCUT2D eigenvalue weighted by atomic mass is 9.94. The minimum Gasteiger partial charge on any atom is -0.456 e. The standard InChI is InChI=1S/C28H19NO/c1-18-12-14-25(29-17-18)20-7-4-6-19(16-20)21-9-5-10-23-22(21)13-15-27-28(23)24-8-2-3-11-26(24)30-27/h2-17H,1H3. The molecule has 0 bridgehead atoms. The molecule has 0 radical (unpaired) electrons. The van der Waals surface area contributed by atoms with Crippen molar-refractivity contribution in [2.75, 3.05) is 0 Å². The Morgan fingerprint density at radius 1 is 0.633 bits per heavy atom. The Balaban J connectivity index is 1.59. The number of aromatic nitrogens is 1. The molecule has 0 spiro atoms. The molecule has 0 unspecified atom stereocenters. The van der Waals surface area contributed by atoms with Crippen molar-refractivity contribution in [3.05, 3.63) is 103 Å². The molecule has 2 nitrogen and oxygen atoms in total. The number of para-hydroxylation sites is 1. The Morgan fingerprint density at radius 3 is 2.37 bits per heavy atom. The zero-order valence-electron chi connectivity index (χ0n) is 16.6. The van der Waals surface area contributed by atoms with E-state index in [1.165, 1.54) is 32.8 Å². The lowest BCUT2D eigenvalue weighted by molar-refractivity contribution is 0.669. The SMILES string of the molecule is Cc1ccc(-c2cccc(-c3cccc4c3ccc3oc5ccccc5c34)c2)nc1. The molecule has 2 heterocycles. The molecule has 0 amide bonds. The van der Waals surface area contributed by atoms with Gasteiger partial charge in [0.05, 0.1) is 5.69 Å². The number of hydrogen-bond donors (Lipinski definition) is 0. The van der Waals surface area contributed by atoms with Crippen molar-refractivity contribution in [1.29, 1.82) is 0 Å². The zero-order chi connectivity index (χ0) is 20.1. The summed E-state index contributed by atoms with van der Waals surface area (Å²) in [5.41, 5.74) is 7.54. The van der Waals surface area contributed by atoms with Crippen LogP contribution in [0.25, 0.3) is 55.1 Å². The molecule has 30 heavy (non-hydrogen) atoms. The first-order chi connectivity index (χ1) is 14.8. The lowest BCUT2D eigenvalue weighted by Crippen LogP contribution is -1.86. The molecule has 0 N–H and O–H groups in total. The molecule has 6 rings (SSSR count). The van der Waals surface area contributed by atoms with Gasteiger partial charge in [0.25, 0.3) is 0 Å². The normalized spacial score (nSPS) is 11.5. The van der Waals surface area contributed by atoms with E-state index in [1.54, 1.807) is 0 Å². The Hall–Kier alpha value is -3.91. The molecule has 6 aromatic rings. The lowest BCUT2D eigenvalue weighted by Gasteiger charge is -2.10. The largest absolute Gasteiger partial charge is 0.456 e. The van der Waals surface area contributed by atoms with Crippen LogP contribution in [0.15, 0.2) is 102 Å². The van der Waals surface area contributed by atoms with Crippen LogP contribution in [0.5, 0.6) is 0 Å². The van der Waals surface area contributed by atoms with Gasteiger partial charge >= 0.3 is 0 Å². The highest BCUT2D eigenvalue weighted by molar-refractivity contribution is 6.20. The van der Waals surface area contributed by atoms with Gasteiger partial charge in [-0.1, -0.05) is 66.7 Å². The summed E-state index contributed by atoms with van der Waals surface area (Å²) in [6, 6.07) is 31.8. The second-order valence-electron chi connectivity index (χ2n) is 7.74. The molecule has 0 aliphatic rings. The van der Waals surface area contributed by atoms with Gasteiger partial charge in [-0.05, 0) is 58.7 Å². The molecule has 0 saturated carbocycles. The van der Waals surface area contributed by atoms with E-state index in [9.17, 15) is 0 Å². The summed E-state index contributed by atoms with van der Waals surface area (Å²) in [5.74, 6) is 0. The third-order valence-electron chi connectivity index (χ3n) is 5.78. The fourth-order valence-electron chi connectivity index (χ4n) is 4.32. The average molecular weight is 385 g/mol. The Bertz CT molecular complexity index is 1540. The van der Waals surface area contributed by atoms with Gasteiger partial charge in [0.2, 0.25) is 0 Å². The number of benzene rings is 4. The average Bonchev–Trinajstić information content (AvgIpc) is 3.18. The van der Waals surface area contributed by atoms with E-state index >= 15 is 0 Å². The van der Waals surface area contributed by atoms with Crippen molar-refractivity contribution < 1.29 is 4.42 Å². The van der Waals surface area contributed by atoms with Gasteiger partial charge < -0.3 is 4.42 Å². The summed E-state index contributed by atoms with van der Waals surface area (Å²) < 4.78 is 6.08. The van der Waals surface area contributed by atoms with Crippen LogP contribution >= 0.6 is 0 Å². The molecule has 0 aliphatic carbocycles. The Morgan fingerprint density at radius 2 is 1.47 bits per heavy atom. The maximum absolute atomic E-state index is 6.08. The highest BCUT2D eigenvalue weighted by atomic mass is 16.3. The number of aryl methyl sites for hydroxylation is 1. The van der Waals surface area contributed by atoms with E-state index < -0.39 is 0 Å². The van der Waals surface area contributed by atoms with E-state index in [1.807, 2.05) is 18.3 Å². The van der Waals surface area contributed by atoms with Crippen LogP contribution in [-0.2, 0) is 0 Å². The van der Waals surface area contributed by atoms with Crippen LogP contribution in [0.3, 0.4) is 0 Å². The highest BCUT2D eigenvalue weighted by Crippen LogP contribution is 2.38. The molecule has 0 fully saturated rings. The van der Waals surface area contributed by atoms with Gasteiger partial charge in [-0.25, -0.2) is 0 Å². The van der Waals surface area contributed by atoms with E-state index in [2.05, 4.69) is 90.8 Å². The summed E-state index contributed by atoms with van der Waals surface area (Å²) >= 11 is 0. The van der Waals surface area contributed by atoms with Gasteiger partial charge in [-0.3, -0.25) is 4.98 Å². The molecule has 0 aliphatic heterocycles. The van der Waals surface area contributed by atoms with Crippen molar-refractivity contribution in [3.8, 4) is 22.4 Å². The van der Waals surface area contributed by atoms with E-state index in [0.717, 1.165) is 27.8 Å². The third kappa shape index (κ3) is 2.61. The maximum Gasteiger partial charge on any atom is 0.136 e. The van der Waals surface area contributed by atoms with E-state index in [-0.39, 0.29) is 0 Å². The van der Waals surface area contributed by atoms with Crippen LogP contribution in [-0.4, -0.2) is 4.98 Å². The first-order valence-corrected chi connectivity index (χ1v) is 10.1. The van der Waals surface area contributed by atoms with Crippen molar-refractivity contribution in [3.63, 3.8) is 0 Å². The molecule has 2 aromatic heterocycles. The summed E-state index contributed by atoms with van der Waals surface area (Å²) in [5, 5.41) is 4.79. The fraction of sp³-hybridized carbons (Fsp3) is 0.0357. The highest BCUT2D eigenvalue weighted by Gasteiger charge is 2.13. The predicted octanol–water partition coefficient (Wildman–Crippen LogP) is 7.78. The molecule has 4 aromatic carbocycles. The van der Waals surface area contributed by atoms with Crippen LogP contribution in [0, 0.1) is 6.92 Å². The monoisotopic (exact) mass is 385 g/mol. The topological polar surface area (TPSA) is 26.0 Å². The van der Waals surface area contributed by atoms with Crippen molar-refractivity contribution in [2.24, 2.45) is 0 Å². The van der Waals surface area contributed by atoms with Crippen LogP contribution in [0.1, 0.15) is 5.56 Å². The van der Waals surface area contributed by atoms with Gasteiger partial charge in [-0.15, -0.1) is 0 Å². The Labute approximate surface area is 174 Å². The first-order valence-electron chi connectivity index (χ1n) is 10.1. The molecule has 0 saturated heterocycles. The minimum atomic E-state index is 0.929. The number of nitrogens with zero attached hydrogens (tertiary/aromatic N) is 1. The van der Waals surface area contributed by atoms with E-state index in [0.29, 0.717) is 0 Å². The number of rotatable bonds is 2. The maximum atomic E-state index is 6.08. The Kier molecular flexibility index (Phi) is 3.72. The number of pyridine rings is 1. The zero-order valence-corrected chi connectivity index (χ0v) is 16.6. The molecular weight excluding hydrogens is 366 g/mol. The van der Waals surface area contributed by atoms with Crippen LogP contribution in [0.4, 0.5) is 0 Å². The van der Waals surface area contributed by atoms with Gasteiger partial charge in [-0.2, -0.15) is 0 Å². The number of fused-ring (bicyclic) bond motifs is 5. The first kappa shape index (κ1) is 17.0. The van der Waals surface area contributed by atoms with Gasteiger partial charge in [0.1, 0.15) is 11.2 Å². The van der Waals surface area contributed by atoms with Crippen LogP contribution in [0.2, 0.25) is 0 Å². The third-order valence-corrected chi connectivity index (χ3v) is 5.78. The smallest absolute Gasteiger partial charge is 0.136 e. The van der Waals surface area contributed by atoms with Crippen molar-refractivity contribution in [2.45, 2.75) is 6.92 Å². The van der Waals surface area contributed by atoms with Crippen molar-refractivity contribution in [1.82, 2.24) is 4.98 Å². The summed E-state index contributed by atoms with van der Waals surface area (Å²) in [6.45, 7) is 2.06. The second kappa shape index (κ2) is 6.57. The molecular formula is C28H19NO. The molecule has 0 atom stereocenters. The van der Waals surface area contributed by atoms with E-state index in [4.69, 9.17) is 4.42 Å². The summed E-state index contributed by atoms with van der Waals surface area (Å²) in [4.78, 5) is 4.60. The summed E-state index contributed by atoms with van der Waals surface area (Å²) in [7, 11) is 0. The predicted molar refractivity (Wildman–Crippen MR) is 125 cm³/mol. The quantitative estimate of drug-likeness (QED) is 0.304. The fourth-order valence-corrected chi connectivity index (χ4v) is 4.32. The van der Waals surface area contributed by atoms with Gasteiger partial charge in [0, 0.05) is 22.5 Å². The minimum absolute atomic E-state index is 0.929. The molecule has 142 valence electrons. The van der Waals surface area contributed by atoms with Crippen molar-refractivity contribution >= 4 is 32.7 Å².